The summed E-state index contributed by atoms with van der Waals surface area (Å²) in [5.41, 5.74) is 0. The number of carbonyl (C=O) groups is 2. The first-order valence-electron chi connectivity index (χ1n) is 3.53. The Balaban J connectivity index is 2.60. The van der Waals surface area contributed by atoms with Crippen molar-refractivity contribution in [2.24, 2.45) is 5.92 Å². The molecule has 1 N–H and O–H groups in total. The molecule has 0 bridgehead atoms. The summed E-state index contributed by atoms with van der Waals surface area (Å²) in [6.07, 6.45) is 0.547. The number of hydrogen-bond acceptors (Lipinski definition) is 3. The van der Waals surface area contributed by atoms with E-state index in [2.05, 4.69) is 10.1 Å². The van der Waals surface area contributed by atoms with E-state index in [1.807, 2.05) is 6.92 Å². The van der Waals surface area contributed by atoms with Crippen LogP contribution in [0.3, 0.4) is 0 Å². The predicted molar refractivity (Wildman–Crippen MR) is 37.7 cm³/mol. The molecule has 0 aromatic rings. The van der Waals surface area contributed by atoms with Gasteiger partial charge < -0.3 is 10.1 Å². The summed E-state index contributed by atoms with van der Waals surface area (Å²) < 4.78 is 4.45. The second-order valence-electron chi connectivity index (χ2n) is 2.72. The second-order valence-corrected chi connectivity index (χ2v) is 2.72. The molecule has 1 amide bonds. The molecule has 1 rings (SSSR count). The Morgan fingerprint density at radius 2 is 2.36 bits per heavy atom. The van der Waals surface area contributed by atoms with Gasteiger partial charge in [-0.25, -0.2) is 0 Å². The summed E-state index contributed by atoms with van der Waals surface area (Å²) in [5.74, 6) is -1.24. The first kappa shape index (κ1) is 8.04. The van der Waals surface area contributed by atoms with Gasteiger partial charge in [-0.1, -0.05) is 0 Å². The van der Waals surface area contributed by atoms with E-state index < -0.39 is 11.9 Å². The van der Waals surface area contributed by atoms with E-state index >= 15 is 0 Å². The van der Waals surface area contributed by atoms with Gasteiger partial charge in [0.2, 0.25) is 5.91 Å². The topological polar surface area (TPSA) is 55.4 Å². The van der Waals surface area contributed by atoms with Gasteiger partial charge in [0.05, 0.1) is 7.11 Å². The Hall–Kier alpha value is -1.06. The fraction of sp³-hybridized carbons (Fsp3) is 0.714. The van der Waals surface area contributed by atoms with Crippen molar-refractivity contribution >= 4 is 11.9 Å². The average Bonchev–Trinajstić information content (AvgIpc) is 2.28. The highest BCUT2D eigenvalue weighted by atomic mass is 16.5. The van der Waals surface area contributed by atoms with Gasteiger partial charge in [-0.2, -0.15) is 0 Å². The molecule has 0 saturated carbocycles. The van der Waals surface area contributed by atoms with Gasteiger partial charge in [0.25, 0.3) is 0 Å². The summed E-state index contributed by atoms with van der Waals surface area (Å²) in [6, 6.07) is 0.0894. The van der Waals surface area contributed by atoms with Crippen molar-refractivity contribution in [1.82, 2.24) is 5.32 Å². The molecule has 11 heavy (non-hydrogen) atoms. The normalized spacial score (nSPS) is 29.8. The molecular formula is C7H11NO3. The molecule has 0 aliphatic carbocycles. The number of esters is 1. The van der Waals surface area contributed by atoms with Crippen LogP contribution in [-0.2, 0) is 14.3 Å². The number of methoxy groups -OCH3 is 1. The zero-order valence-electron chi connectivity index (χ0n) is 6.59. The lowest BCUT2D eigenvalue weighted by Gasteiger charge is -2.01. The summed E-state index contributed by atoms with van der Waals surface area (Å²) in [4.78, 5) is 21.9. The van der Waals surface area contributed by atoms with Crippen LogP contribution in [-0.4, -0.2) is 25.0 Å². The maximum Gasteiger partial charge on any atom is 0.318 e. The number of nitrogens with one attached hydrogen (secondary N) is 1. The van der Waals surface area contributed by atoms with Crippen molar-refractivity contribution in [2.45, 2.75) is 19.4 Å². The Morgan fingerprint density at radius 3 is 2.73 bits per heavy atom. The van der Waals surface area contributed by atoms with E-state index in [1.54, 1.807) is 0 Å². The standard InChI is InChI=1S/C7H11NO3/c1-4-3-5(6(9)8-4)7(10)11-2/h4-5H,3H2,1-2H3,(H,8,9). The molecule has 2 unspecified atom stereocenters. The SMILES string of the molecule is COC(=O)C1CC(C)NC1=O. The maximum absolute atomic E-state index is 11.0. The second kappa shape index (κ2) is 2.90. The van der Waals surface area contributed by atoms with Crippen LogP contribution in [0.25, 0.3) is 0 Å². The van der Waals surface area contributed by atoms with Gasteiger partial charge in [-0.15, -0.1) is 0 Å². The van der Waals surface area contributed by atoms with Gasteiger partial charge in [0.1, 0.15) is 5.92 Å². The molecule has 4 nitrogen and oxygen atoms in total. The average molecular weight is 157 g/mol. The van der Waals surface area contributed by atoms with Crippen LogP contribution in [0.4, 0.5) is 0 Å². The molecule has 1 fully saturated rings. The monoisotopic (exact) mass is 157 g/mol. The van der Waals surface area contributed by atoms with Crippen LogP contribution in [0.1, 0.15) is 13.3 Å². The minimum atomic E-state index is -0.588. The lowest BCUT2D eigenvalue weighted by atomic mass is 10.1. The fourth-order valence-electron chi connectivity index (χ4n) is 1.21. The fourth-order valence-corrected chi connectivity index (χ4v) is 1.21. The minimum Gasteiger partial charge on any atom is -0.468 e. The highest BCUT2D eigenvalue weighted by Gasteiger charge is 2.35. The first-order valence-corrected chi connectivity index (χ1v) is 3.53. The molecule has 1 aliphatic rings. The lowest BCUT2D eigenvalue weighted by Crippen LogP contribution is -2.27. The molecule has 2 atom stereocenters. The minimum absolute atomic E-state index is 0.0894. The largest absolute Gasteiger partial charge is 0.468 e. The van der Waals surface area contributed by atoms with E-state index in [0.29, 0.717) is 6.42 Å². The Morgan fingerprint density at radius 1 is 1.73 bits per heavy atom. The van der Waals surface area contributed by atoms with E-state index in [4.69, 9.17) is 0 Å². The Kier molecular flexibility index (Phi) is 2.12. The van der Waals surface area contributed by atoms with Gasteiger partial charge in [-0.05, 0) is 13.3 Å². The van der Waals surface area contributed by atoms with Crippen molar-refractivity contribution in [3.63, 3.8) is 0 Å². The zero-order chi connectivity index (χ0) is 8.43. The molecule has 4 heteroatoms. The number of hydrogen-bond donors (Lipinski definition) is 1. The quantitative estimate of drug-likeness (QED) is 0.419. The van der Waals surface area contributed by atoms with Gasteiger partial charge in [0.15, 0.2) is 0 Å². The molecule has 0 aromatic heterocycles. The maximum atomic E-state index is 11.0. The number of rotatable bonds is 1. The van der Waals surface area contributed by atoms with Crippen LogP contribution in [0, 0.1) is 5.92 Å². The lowest BCUT2D eigenvalue weighted by molar-refractivity contribution is -0.148. The van der Waals surface area contributed by atoms with Crippen LogP contribution in [0.15, 0.2) is 0 Å². The summed E-state index contributed by atoms with van der Waals surface area (Å²) in [5, 5.41) is 2.64. The number of ether oxygens (including phenoxy) is 1. The van der Waals surface area contributed by atoms with Gasteiger partial charge in [-0.3, -0.25) is 9.59 Å². The van der Waals surface area contributed by atoms with Crippen molar-refractivity contribution in [2.75, 3.05) is 7.11 Å². The number of carbonyl (C=O) groups excluding carboxylic acids is 2. The highest BCUT2D eigenvalue weighted by molar-refractivity contribution is 5.99. The van der Waals surface area contributed by atoms with Crippen LogP contribution < -0.4 is 5.32 Å². The third kappa shape index (κ3) is 1.50. The molecule has 62 valence electrons. The Bertz CT molecular complexity index is 182. The molecule has 1 saturated heterocycles. The van der Waals surface area contributed by atoms with Gasteiger partial charge in [0, 0.05) is 6.04 Å². The van der Waals surface area contributed by atoms with E-state index in [0.717, 1.165) is 0 Å². The third-order valence-electron chi connectivity index (χ3n) is 1.78. The molecule has 0 spiro atoms. The first-order chi connectivity index (χ1) is 5.15. The summed E-state index contributed by atoms with van der Waals surface area (Å²) >= 11 is 0. The predicted octanol–water partition coefficient (Wildman–Crippen LogP) is -0.316. The molecule has 1 heterocycles. The molecular weight excluding hydrogens is 146 g/mol. The molecule has 0 radical (unpaired) electrons. The van der Waals surface area contributed by atoms with Crippen molar-refractivity contribution in [3.05, 3.63) is 0 Å². The molecule has 1 aliphatic heterocycles. The molecule has 0 aromatic carbocycles. The highest BCUT2D eigenvalue weighted by Crippen LogP contribution is 2.15. The number of amides is 1. The van der Waals surface area contributed by atoms with Crippen LogP contribution in [0.2, 0.25) is 0 Å². The smallest absolute Gasteiger partial charge is 0.318 e. The van der Waals surface area contributed by atoms with Crippen LogP contribution >= 0.6 is 0 Å². The van der Waals surface area contributed by atoms with Crippen molar-refractivity contribution < 1.29 is 14.3 Å². The van der Waals surface area contributed by atoms with Crippen molar-refractivity contribution in [3.8, 4) is 0 Å². The third-order valence-corrected chi connectivity index (χ3v) is 1.78. The summed E-state index contributed by atoms with van der Waals surface area (Å²) in [6.45, 7) is 1.86. The van der Waals surface area contributed by atoms with E-state index in [-0.39, 0.29) is 11.9 Å². The Labute approximate surface area is 64.9 Å². The van der Waals surface area contributed by atoms with E-state index in [9.17, 15) is 9.59 Å². The zero-order valence-corrected chi connectivity index (χ0v) is 6.59. The van der Waals surface area contributed by atoms with E-state index in [1.165, 1.54) is 7.11 Å². The van der Waals surface area contributed by atoms with Crippen molar-refractivity contribution in [1.29, 1.82) is 0 Å². The van der Waals surface area contributed by atoms with Gasteiger partial charge >= 0.3 is 5.97 Å². The summed E-state index contributed by atoms with van der Waals surface area (Å²) in [7, 11) is 1.29. The van der Waals surface area contributed by atoms with Crippen LogP contribution in [0.5, 0.6) is 0 Å².